The predicted octanol–water partition coefficient (Wildman–Crippen LogP) is 4.02. The molecule has 5 rings (SSSR count). The molecule has 1 amide bonds. The Morgan fingerprint density at radius 1 is 1.19 bits per heavy atom. The standard InChI is InChI=1S/C29H31N5O3/c1-33(2)15-7-11-26(35)34-16-17-36-19-22(34)20-37-25-18-30-14-12-23(25)28-27(21-8-4-3-5-9-21)29-24(32-28)10-6-13-31-29/h3-14,18,22,32H,15-17,19-20H2,1-2H3/b11-7+/t22-/m0/s1. The fourth-order valence-corrected chi connectivity index (χ4v) is 4.54. The molecule has 1 aromatic carbocycles. The summed E-state index contributed by atoms with van der Waals surface area (Å²) >= 11 is 0. The van der Waals surface area contributed by atoms with Crippen molar-refractivity contribution in [2.45, 2.75) is 6.04 Å². The Bertz CT molecular complexity index is 1380. The number of carbonyl (C=O) groups excluding carboxylic acids is 1. The van der Waals surface area contributed by atoms with E-state index in [9.17, 15) is 4.79 Å². The number of ether oxygens (including phenoxy) is 2. The van der Waals surface area contributed by atoms with Crippen molar-refractivity contribution in [3.63, 3.8) is 0 Å². The van der Waals surface area contributed by atoms with Crippen LogP contribution < -0.4 is 4.74 Å². The predicted molar refractivity (Wildman–Crippen MR) is 144 cm³/mol. The maximum Gasteiger partial charge on any atom is 0.246 e. The molecule has 37 heavy (non-hydrogen) atoms. The smallest absolute Gasteiger partial charge is 0.246 e. The number of nitrogens with zero attached hydrogens (tertiary/aromatic N) is 4. The summed E-state index contributed by atoms with van der Waals surface area (Å²) in [5.41, 5.74) is 5.71. The van der Waals surface area contributed by atoms with Gasteiger partial charge in [0.15, 0.2) is 0 Å². The van der Waals surface area contributed by atoms with Crippen LogP contribution in [-0.2, 0) is 9.53 Å². The third-order valence-corrected chi connectivity index (χ3v) is 6.34. The molecule has 0 saturated carbocycles. The van der Waals surface area contributed by atoms with E-state index in [2.05, 4.69) is 27.1 Å². The van der Waals surface area contributed by atoms with Gasteiger partial charge in [-0.05, 0) is 37.9 Å². The monoisotopic (exact) mass is 497 g/mol. The third-order valence-electron chi connectivity index (χ3n) is 6.34. The van der Waals surface area contributed by atoms with Crippen molar-refractivity contribution in [3.8, 4) is 28.1 Å². The zero-order valence-corrected chi connectivity index (χ0v) is 21.1. The summed E-state index contributed by atoms with van der Waals surface area (Å²) in [6, 6.07) is 15.9. The Hall–Kier alpha value is -4.01. The number of rotatable bonds is 8. The molecular formula is C29H31N5O3. The second-order valence-electron chi connectivity index (χ2n) is 9.25. The minimum absolute atomic E-state index is 0.0294. The highest BCUT2D eigenvalue weighted by atomic mass is 16.5. The number of morpholine rings is 1. The number of nitrogens with one attached hydrogen (secondary N) is 1. The number of likely N-dealkylation sites (N-methyl/N-ethyl adjacent to an activating group) is 1. The molecule has 0 bridgehead atoms. The molecule has 1 aliphatic rings. The quantitative estimate of drug-likeness (QED) is 0.370. The molecule has 1 fully saturated rings. The summed E-state index contributed by atoms with van der Waals surface area (Å²) in [6.07, 6.45) is 8.79. The number of pyridine rings is 2. The van der Waals surface area contributed by atoms with Gasteiger partial charge in [-0.1, -0.05) is 36.4 Å². The molecule has 8 nitrogen and oxygen atoms in total. The second kappa shape index (κ2) is 11.4. The molecule has 0 spiro atoms. The number of carbonyl (C=O) groups is 1. The lowest BCUT2D eigenvalue weighted by atomic mass is 10.0. The van der Waals surface area contributed by atoms with Crippen LogP contribution in [0.4, 0.5) is 0 Å². The molecule has 0 aliphatic carbocycles. The number of aromatic amines is 1. The molecule has 190 valence electrons. The highest BCUT2D eigenvalue weighted by Crippen LogP contribution is 2.40. The van der Waals surface area contributed by atoms with Gasteiger partial charge in [-0.15, -0.1) is 0 Å². The fraction of sp³-hybridized carbons (Fsp3) is 0.276. The zero-order valence-electron chi connectivity index (χ0n) is 21.1. The first-order chi connectivity index (χ1) is 18.1. The van der Waals surface area contributed by atoms with E-state index in [1.165, 1.54) is 0 Å². The van der Waals surface area contributed by atoms with Gasteiger partial charge in [0.25, 0.3) is 0 Å². The van der Waals surface area contributed by atoms with Gasteiger partial charge >= 0.3 is 0 Å². The van der Waals surface area contributed by atoms with E-state index >= 15 is 0 Å². The van der Waals surface area contributed by atoms with Gasteiger partial charge in [-0.25, -0.2) is 0 Å². The average molecular weight is 498 g/mol. The average Bonchev–Trinajstić information content (AvgIpc) is 3.32. The van der Waals surface area contributed by atoms with E-state index in [4.69, 9.17) is 9.47 Å². The second-order valence-corrected chi connectivity index (χ2v) is 9.25. The summed E-state index contributed by atoms with van der Waals surface area (Å²) in [6.45, 7) is 2.48. The van der Waals surface area contributed by atoms with E-state index < -0.39 is 0 Å². The molecule has 1 aliphatic heterocycles. The number of H-pyrrole nitrogens is 1. The van der Waals surface area contributed by atoms with Crippen LogP contribution in [0.1, 0.15) is 0 Å². The maximum atomic E-state index is 12.9. The van der Waals surface area contributed by atoms with Crippen LogP contribution in [0.15, 0.2) is 79.3 Å². The zero-order chi connectivity index (χ0) is 25.6. The maximum absolute atomic E-state index is 12.9. The number of fused-ring (bicyclic) bond motifs is 1. The molecular weight excluding hydrogens is 466 g/mol. The molecule has 1 atom stereocenters. The Kier molecular flexibility index (Phi) is 7.58. The summed E-state index contributed by atoms with van der Waals surface area (Å²) in [4.78, 5) is 29.2. The molecule has 1 saturated heterocycles. The molecule has 8 heteroatoms. The molecule has 1 N–H and O–H groups in total. The first-order valence-electron chi connectivity index (χ1n) is 12.4. The Balaban J connectivity index is 1.43. The van der Waals surface area contributed by atoms with Gasteiger partial charge < -0.3 is 24.3 Å². The van der Waals surface area contributed by atoms with Crippen molar-refractivity contribution in [3.05, 3.63) is 79.3 Å². The van der Waals surface area contributed by atoms with E-state index in [1.54, 1.807) is 24.7 Å². The summed E-state index contributed by atoms with van der Waals surface area (Å²) in [5.74, 6) is 0.602. The first kappa shape index (κ1) is 24.7. The Morgan fingerprint density at radius 2 is 2.05 bits per heavy atom. The minimum Gasteiger partial charge on any atom is -0.489 e. The third kappa shape index (κ3) is 5.55. The van der Waals surface area contributed by atoms with E-state index in [1.807, 2.05) is 66.4 Å². The fourth-order valence-electron chi connectivity index (χ4n) is 4.54. The van der Waals surface area contributed by atoms with E-state index in [0.29, 0.717) is 38.7 Å². The largest absolute Gasteiger partial charge is 0.489 e. The number of hydrogen-bond donors (Lipinski definition) is 1. The molecule has 4 heterocycles. The van der Waals surface area contributed by atoms with Crippen LogP contribution in [-0.4, -0.2) is 83.7 Å². The van der Waals surface area contributed by atoms with Gasteiger partial charge in [-0.2, -0.15) is 0 Å². The van der Waals surface area contributed by atoms with Crippen LogP contribution in [0.2, 0.25) is 0 Å². The number of hydrogen-bond acceptors (Lipinski definition) is 6. The van der Waals surface area contributed by atoms with Crippen LogP contribution in [0.25, 0.3) is 33.4 Å². The topological polar surface area (TPSA) is 83.6 Å². The van der Waals surface area contributed by atoms with E-state index in [0.717, 1.165) is 33.4 Å². The Morgan fingerprint density at radius 3 is 2.89 bits per heavy atom. The van der Waals surface area contributed by atoms with Crippen molar-refractivity contribution in [1.29, 1.82) is 0 Å². The summed E-state index contributed by atoms with van der Waals surface area (Å²) < 4.78 is 12.0. The molecule has 0 radical (unpaired) electrons. The van der Waals surface area contributed by atoms with Crippen molar-refractivity contribution in [1.82, 2.24) is 24.8 Å². The van der Waals surface area contributed by atoms with E-state index in [-0.39, 0.29) is 11.9 Å². The van der Waals surface area contributed by atoms with Crippen LogP contribution in [0.3, 0.4) is 0 Å². The minimum atomic E-state index is -0.198. The normalized spacial score (nSPS) is 16.1. The molecule has 4 aromatic rings. The SMILES string of the molecule is CN(C)C/C=C/C(=O)N1CCOC[C@H]1COc1cnccc1-c1[nH]c2cccnc2c1-c1ccccc1. The van der Waals surface area contributed by atoms with Gasteiger partial charge in [0.05, 0.1) is 42.2 Å². The highest BCUT2D eigenvalue weighted by Gasteiger charge is 2.27. The lowest BCUT2D eigenvalue weighted by molar-refractivity contribution is -0.135. The van der Waals surface area contributed by atoms with Crippen molar-refractivity contribution in [2.24, 2.45) is 0 Å². The number of benzene rings is 1. The van der Waals surface area contributed by atoms with Crippen LogP contribution in [0.5, 0.6) is 5.75 Å². The first-order valence-corrected chi connectivity index (χ1v) is 12.4. The number of aromatic nitrogens is 3. The van der Waals surface area contributed by atoms with Crippen LogP contribution >= 0.6 is 0 Å². The van der Waals surface area contributed by atoms with Gasteiger partial charge in [0, 0.05) is 42.7 Å². The van der Waals surface area contributed by atoms with Gasteiger partial charge in [0.2, 0.25) is 5.91 Å². The molecule has 0 unspecified atom stereocenters. The molecule has 3 aromatic heterocycles. The lowest BCUT2D eigenvalue weighted by Crippen LogP contribution is -2.51. The van der Waals surface area contributed by atoms with Gasteiger partial charge in [0.1, 0.15) is 12.4 Å². The summed E-state index contributed by atoms with van der Waals surface area (Å²) in [7, 11) is 3.94. The van der Waals surface area contributed by atoms with Crippen molar-refractivity contribution >= 4 is 16.9 Å². The van der Waals surface area contributed by atoms with Crippen molar-refractivity contribution < 1.29 is 14.3 Å². The lowest BCUT2D eigenvalue weighted by Gasteiger charge is -2.34. The highest BCUT2D eigenvalue weighted by molar-refractivity contribution is 6.02. The summed E-state index contributed by atoms with van der Waals surface area (Å²) in [5, 5.41) is 0. The van der Waals surface area contributed by atoms with Crippen molar-refractivity contribution in [2.75, 3.05) is 47.0 Å². The van der Waals surface area contributed by atoms with Crippen LogP contribution in [0, 0.1) is 0 Å². The number of amides is 1. The Labute approximate surface area is 216 Å². The van der Waals surface area contributed by atoms with Gasteiger partial charge in [-0.3, -0.25) is 14.8 Å².